The first-order valence-electron chi connectivity index (χ1n) is 11.1. The number of hydrogen-bond donors (Lipinski definition) is 1. The first-order valence-corrected chi connectivity index (χ1v) is 11.1. The lowest BCUT2D eigenvalue weighted by Crippen LogP contribution is -2.53. The van der Waals surface area contributed by atoms with Crippen LogP contribution in [0, 0.1) is 6.92 Å². The van der Waals surface area contributed by atoms with Gasteiger partial charge >= 0.3 is 6.03 Å². The maximum atomic E-state index is 13.2. The van der Waals surface area contributed by atoms with E-state index in [2.05, 4.69) is 28.9 Å². The van der Waals surface area contributed by atoms with Crippen molar-refractivity contribution in [1.29, 1.82) is 0 Å². The fraction of sp³-hybridized carbons (Fsp3) is 0.107. The van der Waals surface area contributed by atoms with E-state index in [0.717, 1.165) is 26.9 Å². The van der Waals surface area contributed by atoms with E-state index in [1.807, 2.05) is 72.9 Å². The smallest absolute Gasteiger partial charge is 0.331 e. The third-order valence-corrected chi connectivity index (χ3v) is 6.09. The molecule has 0 atom stereocenters. The van der Waals surface area contributed by atoms with E-state index in [1.54, 1.807) is 6.08 Å². The first-order chi connectivity index (χ1) is 16.5. The van der Waals surface area contributed by atoms with Crippen LogP contribution in [-0.2, 0) is 22.7 Å². The quantitative estimate of drug-likeness (QED) is 0.356. The Kier molecular flexibility index (Phi) is 5.55. The number of aryl methyl sites for hydroxylation is 1. The van der Waals surface area contributed by atoms with Crippen LogP contribution in [0.3, 0.4) is 0 Å². The van der Waals surface area contributed by atoms with Gasteiger partial charge in [-0.05, 0) is 35.8 Å². The van der Waals surface area contributed by atoms with Gasteiger partial charge in [0, 0.05) is 29.2 Å². The second-order valence-corrected chi connectivity index (χ2v) is 8.35. The molecule has 5 rings (SSSR count). The second-order valence-electron chi connectivity index (χ2n) is 8.35. The first kappa shape index (κ1) is 21.4. The lowest BCUT2D eigenvalue weighted by molar-refractivity contribution is -0.130. The zero-order valence-electron chi connectivity index (χ0n) is 18.7. The number of benzene rings is 3. The van der Waals surface area contributed by atoms with Gasteiger partial charge in [-0.15, -0.1) is 0 Å². The number of fused-ring (bicyclic) bond motifs is 1. The van der Waals surface area contributed by atoms with Gasteiger partial charge in [0.05, 0.1) is 6.54 Å². The minimum absolute atomic E-state index is 0.0608. The summed E-state index contributed by atoms with van der Waals surface area (Å²) >= 11 is 0. The molecule has 6 heteroatoms. The standard InChI is InChI=1S/C28H23N3O3/c1-19-9-5-6-12-21(19)17-30-18-22(23-13-7-8-14-25(23)30)15-24-26(32)29-28(34)31(27(24)33)16-20-10-3-2-4-11-20/h2-15,18H,16-17H2,1H3,(H,29,32,34)/b24-15-. The predicted molar refractivity (Wildman–Crippen MR) is 131 cm³/mol. The molecule has 1 aliphatic heterocycles. The molecule has 1 fully saturated rings. The molecule has 0 radical (unpaired) electrons. The molecule has 1 aromatic heterocycles. The molecule has 0 bridgehead atoms. The fourth-order valence-corrected chi connectivity index (χ4v) is 4.25. The number of nitrogens with zero attached hydrogens (tertiary/aromatic N) is 2. The van der Waals surface area contributed by atoms with Crippen molar-refractivity contribution in [3.05, 3.63) is 113 Å². The largest absolute Gasteiger partial charge is 0.342 e. The number of hydrogen-bond acceptors (Lipinski definition) is 3. The molecule has 4 aromatic rings. The lowest BCUT2D eigenvalue weighted by Gasteiger charge is -2.26. The predicted octanol–water partition coefficient (Wildman–Crippen LogP) is 4.66. The summed E-state index contributed by atoms with van der Waals surface area (Å²) in [6.45, 7) is 2.83. The molecular formula is C28H23N3O3. The summed E-state index contributed by atoms with van der Waals surface area (Å²) in [5.41, 5.74) is 4.87. The van der Waals surface area contributed by atoms with Gasteiger partial charge in [-0.3, -0.25) is 19.8 Å². The molecule has 2 heterocycles. The van der Waals surface area contributed by atoms with Gasteiger partial charge < -0.3 is 4.57 Å². The summed E-state index contributed by atoms with van der Waals surface area (Å²) in [4.78, 5) is 39.3. The van der Waals surface area contributed by atoms with Crippen molar-refractivity contribution in [3.8, 4) is 0 Å². The van der Waals surface area contributed by atoms with E-state index in [0.29, 0.717) is 6.54 Å². The van der Waals surface area contributed by atoms with Crippen molar-refractivity contribution in [2.45, 2.75) is 20.0 Å². The molecule has 1 N–H and O–H groups in total. The number of amides is 4. The molecule has 4 amide bonds. The lowest BCUT2D eigenvalue weighted by atomic mass is 10.1. The van der Waals surface area contributed by atoms with Crippen LogP contribution in [0.25, 0.3) is 17.0 Å². The number of aromatic nitrogens is 1. The van der Waals surface area contributed by atoms with Crippen LogP contribution in [0.1, 0.15) is 22.3 Å². The van der Waals surface area contributed by atoms with Crippen LogP contribution in [-0.4, -0.2) is 27.3 Å². The van der Waals surface area contributed by atoms with E-state index in [1.165, 1.54) is 11.1 Å². The molecule has 1 saturated heterocycles. The van der Waals surface area contributed by atoms with Crippen molar-refractivity contribution < 1.29 is 14.4 Å². The number of barbiturate groups is 1. The summed E-state index contributed by atoms with van der Waals surface area (Å²) in [7, 11) is 0. The summed E-state index contributed by atoms with van der Waals surface area (Å²) in [6, 6.07) is 24.6. The molecule has 0 saturated carbocycles. The molecule has 6 nitrogen and oxygen atoms in total. The average molecular weight is 450 g/mol. The van der Waals surface area contributed by atoms with E-state index in [4.69, 9.17) is 0 Å². The normalized spacial score (nSPS) is 15.3. The Labute approximate surface area is 197 Å². The number of urea groups is 1. The number of imide groups is 2. The minimum atomic E-state index is -0.710. The van der Waals surface area contributed by atoms with Crippen molar-refractivity contribution in [2.24, 2.45) is 0 Å². The second kappa shape index (κ2) is 8.83. The van der Waals surface area contributed by atoms with Gasteiger partial charge in [-0.25, -0.2) is 4.79 Å². The van der Waals surface area contributed by atoms with Gasteiger partial charge in [0.25, 0.3) is 11.8 Å². The van der Waals surface area contributed by atoms with Crippen LogP contribution in [0.4, 0.5) is 4.79 Å². The van der Waals surface area contributed by atoms with E-state index in [9.17, 15) is 14.4 Å². The van der Waals surface area contributed by atoms with Gasteiger partial charge in [-0.1, -0.05) is 72.8 Å². The average Bonchev–Trinajstić information content (AvgIpc) is 3.19. The summed E-state index contributed by atoms with van der Waals surface area (Å²) in [5.74, 6) is -1.29. The number of rotatable bonds is 5. The van der Waals surface area contributed by atoms with Crippen LogP contribution < -0.4 is 5.32 Å². The minimum Gasteiger partial charge on any atom is -0.342 e. The van der Waals surface area contributed by atoms with E-state index >= 15 is 0 Å². The Morgan fingerprint density at radius 1 is 0.824 bits per heavy atom. The van der Waals surface area contributed by atoms with Crippen molar-refractivity contribution in [1.82, 2.24) is 14.8 Å². The SMILES string of the molecule is Cc1ccccc1Cn1cc(/C=C2/C(=O)NC(=O)N(Cc3ccccc3)C2=O)c2ccccc21. The van der Waals surface area contributed by atoms with Crippen molar-refractivity contribution in [2.75, 3.05) is 0 Å². The Balaban J connectivity index is 1.53. The molecule has 1 aliphatic rings. The zero-order chi connectivity index (χ0) is 23.7. The monoisotopic (exact) mass is 449 g/mol. The Bertz CT molecular complexity index is 1450. The molecule has 3 aromatic carbocycles. The van der Waals surface area contributed by atoms with Crippen molar-refractivity contribution in [3.63, 3.8) is 0 Å². The van der Waals surface area contributed by atoms with Gasteiger partial charge in [0.2, 0.25) is 0 Å². The van der Waals surface area contributed by atoms with Gasteiger partial charge in [0.15, 0.2) is 0 Å². The molecule has 0 aliphatic carbocycles. The highest BCUT2D eigenvalue weighted by Gasteiger charge is 2.35. The molecule has 168 valence electrons. The highest BCUT2D eigenvalue weighted by atomic mass is 16.2. The van der Waals surface area contributed by atoms with Crippen LogP contribution >= 0.6 is 0 Å². The van der Waals surface area contributed by atoms with Crippen LogP contribution in [0.15, 0.2) is 90.6 Å². The van der Waals surface area contributed by atoms with Gasteiger partial charge in [-0.2, -0.15) is 0 Å². The maximum absolute atomic E-state index is 13.2. The molecule has 34 heavy (non-hydrogen) atoms. The third kappa shape index (κ3) is 4.01. The fourth-order valence-electron chi connectivity index (χ4n) is 4.25. The number of carbonyl (C=O) groups is 3. The van der Waals surface area contributed by atoms with Crippen LogP contribution in [0.5, 0.6) is 0 Å². The Hall–Kier alpha value is -4.45. The van der Waals surface area contributed by atoms with Crippen molar-refractivity contribution >= 4 is 34.8 Å². The number of nitrogens with one attached hydrogen (secondary N) is 1. The summed E-state index contributed by atoms with van der Waals surface area (Å²) in [5, 5.41) is 3.23. The van der Waals surface area contributed by atoms with E-state index in [-0.39, 0.29) is 12.1 Å². The summed E-state index contributed by atoms with van der Waals surface area (Å²) in [6.07, 6.45) is 3.53. The highest BCUT2D eigenvalue weighted by molar-refractivity contribution is 6.31. The molecule has 0 spiro atoms. The highest BCUT2D eigenvalue weighted by Crippen LogP contribution is 2.26. The van der Waals surface area contributed by atoms with E-state index < -0.39 is 17.8 Å². The van der Waals surface area contributed by atoms with Gasteiger partial charge in [0.1, 0.15) is 5.57 Å². The topological polar surface area (TPSA) is 71.4 Å². The zero-order valence-corrected chi connectivity index (χ0v) is 18.7. The number of carbonyl (C=O) groups excluding carboxylic acids is 3. The Morgan fingerprint density at radius 3 is 2.32 bits per heavy atom. The molecular weight excluding hydrogens is 426 g/mol. The van der Waals surface area contributed by atoms with Crippen LogP contribution in [0.2, 0.25) is 0 Å². The number of para-hydroxylation sites is 1. The maximum Gasteiger partial charge on any atom is 0.331 e. The third-order valence-electron chi connectivity index (χ3n) is 6.09. The molecule has 0 unspecified atom stereocenters. The Morgan fingerprint density at radius 2 is 1.53 bits per heavy atom. The summed E-state index contributed by atoms with van der Waals surface area (Å²) < 4.78 is 2.11.